The Morgan fingerprint density at radius 2 is 1.96 bits per heavy atom. The summed E-state index contributed by atoms with van der Waals surface area (Å²) in [6.07, 6.45) is 0. The van der Waals surface area contributed by atoms with Crippen molar-refractivity contribution in [2.75, 3.05) is 5.32 Å². The van der Waals surface area contributed by atoms with Crippen molar-refractivity contribution in [3.05, 3.63) is 64.2 Å². The molecule has 9 heteroatoms. The molecule has 0 spiro atoms. The van der Waals surface area contributed by atoms with Gasteiger partial charge in [-0.15, -0.1) is 10.2 Å². The Bertz CT molecular complexity index is 972. The van der Waals surface area contributed by atoms with Crippen molar-refractivity contribution in [2.24, 2.45) is 0 Å². The van der Waals surface area contributed by atoms with E-state index in [1.807, 2.05) is 31.2 Å². The number of nitrogens with zero attached hydrogens (tertiary/aromatic N) is 3. The summed E-state index contributed by atoms with van der Waals surface area (Å²) >= 11 is 1.11. The second kappa shape index (κ2) is 8.00. The molecule has 0 aliphatic rings. The molecule has 0 saturated heterocycles. The molecule has 0 fully saturated rings. The number of carbonyl (C=O) groups excluding carboxylic acids is 1. The zero-order valence-corrected chi connectivity index (χ0v) is 15.4. The van der Waals surface area contributed by atoms with E-state index in [0.29, 0.717) is 11.6 Å². The summed E-state index contributed by atoms with van der Waals surface area (Å²) in [7, 11) is 0. The number of hydrogen-bond acceptors (Lipinski definition) is 7. The van der Waals surface area contributed by atoms with Crippen LogP contribution in [0.15, 0.2) is 58.2 Å². The summed E-state index contributed by atoms with van der Waals surface area (Å²) in [5.41, 5.74) is 2.19. The van der Waals surface area contributed by atoms with E-state index < -0.39 is 10.2 Å². The minimum absolute atomic E-state index is 0.0900. The number of hydrogen-bond donors (Lipinski definition) is 1. The van der Waals surface area contributed by atoms with Gasteiger partial charge in [0.2, 0.25) is 11.8 Å². The monoisotopic (exact) mass is 384 g/mol. The van der Waals surface area contributed by atoms with Crippen LogP contribution in [0.3, 0.4) is 0 Å². The van der Waals surface area contributed by atoms with Crippen LogP contribution in [-0.2, 0) is 4.79 Å². The van der Waals surface area contributed by atoms with Gasteiger partial charge in [-0.05, 0) is 32.0 Å². The minimum atomic E-state index is -0.532. The molecule has 1 N–H and O–H groups in total. The third-order valence-corrected chi connectivity index (χ3v) is 4.61. The predicted molar refractivity (Wildman–Crippen MR) is 102 cm³/mol. The van der Waals surface area contributed by atoms with E-state index in [-0.39, 0.29) is 16.8 Å². The van der Waals surface area contributed by atoms with Crippen LogP contribution in [0, 0.1) is 17.0 Å². The Morgan fingerprint density at radius 1 is 1.22 bits per heavy atom. The highest BCUT2D eigenvalue weighted by atomic mass is 32.2. The molecule has 1 unspecified atom stereocenters. The van der Waals surface area contributed by atoms with Gasteiger partial charge < -0.3 is 9.73 Å². The fourth-order valence-electron chi connectivity index (χ4n) is 2.22. The number of amides is 1. The molecule has 1 amide bonds. The summed E-state index contributed by atoms with van der Waals surface area (Å²) in [6, 6.07) is 13.4. The lowest BCUT2D eigenvalue weighted by Crippen LogP contribution is -2.22. The number of non-ortho nitro benzene ring substituents is 1. The molecule has 3 aromatic rings. The molecule has 0 bridgehead atoms. The molecule has 0 radical (unpaired) electrons. The van der Waals surface area contributed by atoms with Crippen molar-refractivity contribution in [1.82, 2.24) is 10.2 Å². The van der Waals surface area contributed by atoms with Crippen molar-refractivity contribution < 1.29 is 14.1 Å². The summed E-state index contributed by atoms with van der Waals surface area (Å²) in [6.45, 7) is 3.67. The Labute approximate surface area is 159 Å². The van der Waals surface area contributed by atoms with E-state index in [1.54, 1.807) is 13.0 Å². The average molecular weight is 384 g/mol. The van der Waals surface area contributed by atoms with Gasteiger partial charge in [-0.3, -0.25) is 14.9 Å². The molecule has 1 atom stereocenters. The largest absolute Gasteiger partial charge is 0.411 e. The van der Waals surface area contributed by atoms with Gasteiger partial charge in [0.15, 0.2) is 0 Å². The summed E-state index contributed by atoms with van der Waals surface area (Å²) in [5.74, 6) is 0.0550. The first-order chi connectivity index (χ1) is 12.9. The molecular formula is C18H16N4O4S. The SMILES string of the molecule is Cc1ccc(-c2nnc(SC(C)C(=O)Nc3cccc([N+](=O)[O-])c3)o2)cc1. The second-order valence-corrected chi connectivity index (χ2v) is 7.09. The van der Waals surface area contributed by atoms with Gasteiger partial charge in [-0.25, -0.2) is 0 Å². The number of nitrogens with one attached hydrogen (secondary N) is 1. The number of benzene rings is 2. The normalized spacial score (nSPS) is 11.8. The Morgan fingerprint density at radius 3 is 2.67 bits per heavy atom. The Kier molecular flexibility index (Phi) is 5.51. The van der Waals surface area contributed by atoms with Gasteiger partial charge in [0.25, 0.3) is 10.9 Å². The molecule has 138 valence electrons. The standard InChI is InChI=1S/C18H16N4O4S/c1-11-6-8-13(9-7-11)17-20-21-18(26-17)27-12(2)16(23)19-14-4-3-5-15(10-14)22(24)25/h3-10,12H,1-2H3,(H,19,23). The highest BCUT2D eigenvalue weighted by molar-refractivity contribution is 8.00. The molecule has 1 heterocycles. The first kappa shape index (κ1) is 18.6. The minimum Gasteiger partial charge on any atom is -0.411 e. The third-order valence-electron chi connectivity index (χ3n) is 3.68. The Hall–Kier alpha value is -3.20. The number of nitro groups is 1. The van der Waals surface area contributed by atoms with Crippen LogP contribution in [0.4, 0.5) is 11.4 Å². The Balaban J connectivity index is 1.64. The first-order valence-corrected chi connectivity index (χ1v) is 8.93. The zero-order chi connectivity index (χ0) is 19.4. The van der Waals surface area contributed by atoms with Gasteiger partial charge in [0.05, 0.1) is 10.2 Å². The molecule has 2 aromatic carbocycles. The first-order valence-electron chi connectivity index (χ1n) is 8.05. The quantitative estimate of drug-likeness (QED) is 0.387. The van der Waals surface area contributed by atoms with Crippen molar-refractivity contribution in [2.45, 2.75) is 24.3 Å². The van der Waals surface area contributed by atoms with E-state index >= 15 is 0 Å². The molecule has 3 rings (SSSR count). The van der Waals surface area contributed by atoms with Gasteiger partial charge in [0.1, 0.15) is 0 Å². The second-order valence-electron chi connectivity index (χ2n) is 5.80. The topological polar surface area (TPSA) is 111 Å². The number of anilines is 1. The van der Waals surface area contributed by atoms with Crippen LogP contribution >= 0.6 is 11.8 Å². The molecule has 8 nitrogen and oxygen atoms in total. The van der Waals surface area contributed by atoms with E-state index in [0.717, 1.165) is 22.9 Å². The molecule has 0 aliphatic carbocycles. The van der Waals surface area contributed by atoms with Crippen LogP contribution in [0.2, 0.25) is 0 Å². The van der Waals surface area contributed by atoms with Gasteiger partial charge in [-0.1, -0.05) is 35.5 Å². The van der Waals surface area contributed by atoms with Crippen molar-refractivity contribution in [3.63, 3.8) is 0 Å². The number of aromatic nitrogens is 2. The highest BCUT2D eigenvalue weighted by Gasteiger charge is 2.19. The average Bonchev–Trinajstić information content (AvgIpc) is 3.11. The fraction of sp³-hybridized carbons (Fsp3) is 0.167. The van der Waals surface area contributed by atoms with Crippen LogP contribution in [0.1, 0.15) is 12.5 Å². The zero-order valence-electron chi connectivity index (χ0n) is 14.6. The van der Waals surface area contributed by atoms with E-state index in [4.69, 9.17) is 4.42 Å². The van der Waals surface area contributed by atoms with Gasteiger partial charge >= 0.3 is 0 Å². The predicted octanol–water partition coefficient (Wildman–Crippen LogP) is 4.07. The number of thioether (sulfide) groups is 1. The lowest BCUT2D eigenvalue weighted by Gasteiger charge is -2.09. The summed E-state index contributed by atoms with van der Waals surface area (Å²) in [4.78, 5) is 22.6. The van der Waals surface area contributed by atoms with E-state index in [2.05, 4.69) is 15.5 Å². The molecule has 1 aromatic heterocycles. The van der Waals surface area contributed by atoms with Crippen LogP contribution in [-0.4, -0.2) is 26.3 Å². The fourth-order valence-corrected chi connectivity index (χ4v) is 2.90. The van der Waals surface area contributed by atoms with Gasteiger partial charge in [-0.2, -0.15) is 0 Å². The van der Waals surface area contributed by atoms with Crippen LogP contribution in [0.5, 0.6) is 0 Å². The smallest absolute Gasteiger partial charge is 0.277 e. The number of carbonyl (C=O) groups is 1. The van der Waals surface area contributed by atoms with Crippen molar-refractivity contribution in [3.8, 4) is 11.5 Å². The number of nitro benzene ring substituents is 1. The lowest BCUT2D eigenvalue weighted by atomic mass is 10.1. The third kappa shape index (κ3) is 4.70. The molecule has 0 aliphatic heterocycles. The number of aryl methyl sites for hydroxylation is 1. The summed E-state index contributed by atoms with van der Waals surface area (Å²) in [5, 5.41) is 21.2. The van der Waals surface area contributed by atoms with Crippen LogP contribution < -0.4 is 5.32 Å². The maximum atomic E-state index is 12.3. The van der Waals surface area contributed by atoms with E-state index in [1.165, 1.54) is 18.2 Å². The molecule has 27 heavy (non-hydrogen) atoms. The highest BCUT2D eigenvalue weighted by Crippen LogP contribution is 2.27. The van der Waals surface area contributed by atoms with Crippen LogP contribution in [0.25, 0.3) is 11.5 Å². The van der Waals surface area contributed by atoms with Gasteiger partial charge in [0, 0.05) is 23.4 Å². The molecule has 0 saturated carbocycles. The van der Waals surface area contributed by atoms with E-state index in [9.17, 15) is 14.9 Å². The van der Waals surface area contributed by atoms with Crippen molar-refractivity contribution in [1.29, 1.82) is 0 Å². The lowest BCUT2D eigenvalue weighted by molar-refractivity contribution is -0.384. The van der Waals surface area contributed by atoms with Crippen molar-refractivity contribution >= 4 is 29.0 Å². The maximum Gasteiger partial charge on any atom is 0.277 e. The molecular weight excluding hydrogens is 368 g/mol. The maximum absolute atomic E-state index is 12.3. The number of rotatable bonds is 6. The summed E-state index contributed by atoms with van der Waals surface area (Å²) < 4.78 is 5.60.